The number of carbonyl (C=O) groups excluding carboxylic acids is 1. The SMILES string of the molecule is O=C(Cn1cnc2c(cnn2-c2ccccc2Cl)c1=O)N1CCN(c2ccccc2F)CC1. The highest BCUT2D eigenvalue weighted by Gasteiger charge is 2.23. The summed E-state index contributed by atoms with van der Waals surface area (Å²) < 4.78 is 16.8. The first-order valence-electron chi connectivity index (χ1n) is 10.5. The van der Waals surface area contributed by atoms with Crippen LogP contribution in [-0.4, -0.2) is 56.3 Å². The van der Waals surface area contributed by atoms with Gasteiger partial charge in [-0.1, -0.05) is 35.9 Å². The molecule has 3 heterocycles. The Kier molecular flexibility index (Phi) is 5.55. The average Bonchev–Trinajstić information content (AvgIpc) is 3.26. The first-order chi connectivity index (χ1) is 16.0. The largest absolute Gasteiger partial charge is 0.366 e. The van der Waals surface area contributed by atoms with Gasteiger partial charge in [0.05, 0.1) is 22.6 Å². The molecule has 33 heavy (non-hydrogen) atoms. The number of halogens is 2. The zero-order valence-corrected chi connectivity index (χ0v) is 18.3. The van der Waals surface area contributed by atoms with Crippen molar-refractivity contribution in [1.82, 2.24) is 24.2 Å². The fourth-order valence-electron chi connectivity index (χ4n) is 4.01. The predicted molar refractivity (Wildman–Crippen MR) is 123 cm³/mol. The van der Waals surface area contributed by atoms with Crippen molar-refractivity contribution < 1.29 is 9.18 Å². The number of fused-ring (bicyclic) bond motifs is 1. The molecule has 1 fully saturated rings. The number of hydrogen-bond donors (Lipinski definition) is 0. The average molecular weight is 467 g/mol. The lowest BCUT2D eigenvalue weighted by Crippen LogP contribution is -2.50. The Labute approximate surface area is 193 Å². The predicted octanol–water partition coefficient (Wildman–Crippen LogP) is 2.72. The van der Waals surface area contributed by atoms with Gasteiger partial charge in [0, 0.05) is 26.2 Å². The van der Waals surface area contributed by atoms with Crippen LogP contribution in [-0.2, 0) is 11.3 Å². The highest BCUT2D eigenvalue weighted by molar-refractivity contribution is 6.32. The molecule has 0 radical (unpaired) electrons. The standard InChI is InChI=1S/C23H20ClFN6O2/c24-17-5-1-3-7-19(17)31-22-16(13-27-31)23(33)30(15-26-22)14-21(32)29-11-9-28(10-12-29)20-8-4-2-6-18(20)25/h1-8,13,15H,9-12,14H2. The van der Waals surface area contributed by atoms with Crippen LogP contribution in [0.2, 0.25) is 5.02 Å². The minimum atomic E-state index is -0.350. The summed E-state index contributed by atoms with van der Waals surface area (Å²) >= 11 is 6.25. The molecule has 0 bridgehead atoms. The van der Waals surface area contributed by atoms with E-state index in [1.165, 1.54) is 27.8 Å². The molecular formula is C23H20ClFN6O2. The van der Waals surface area contributed by atoms with E-state index in [1.807, 2.05) is 11.0 Å². The van der Waals surface area contributed by atoms with E-state index >= 15 is 0 Å². The number of carbonyl (C=O) groups is 1. The van der Waals surface area contributed by atoms with Crippen molar-refractivity contribution in [2.45, 2.75) is 6.54 Å². The first kappa shape index (κ1) is 21.1. The second kappa shape index (κ2) is 8.67. The maximum absolute atomic E-state index is 14.0. The molecular weight excluding hydrogens is 447 g/mol. The molecule has 1 saturated heterocycles. The molecule has 1 aliphatic rings. The highest BCUT2D eigenvalue weighted by atomic mass is 35.5. The molecule has 10 heteroatoms. The molecule has 5 rings (SSSR count). The zero-order chi connectivity index (χ0) is 22.9. The van der Waals surface area contributed by atoms with Crippen LogP contribution in [0.3, 0.4) is 0 Å². The Hall–Kier alpha value is -3.72. The lowest BCUT2D eigenvalue weighted by Gasteiger charge is -2.36. The quantitative estimate of drug-likeness (QED) is 0.462. The summed E-state index contributed by atoms with van der Waals surface area (Å²) in [6, 6.07) is 13.7. The maximum Gasteiger partial charge on any atom is 0.264 e. The van der Waals surface area contributed by atoms with Crippen LogP contribution in [0.4, 0.5) is 10.1 Å². The van der Waals surface area contributed by atoms with E-state index in [4.69, 9.17) is 11.6 Å². The second-order valence-electron chi connectivity index (χ2n) is 7.74. The summed E-state index contributed by atoms with van der Waals surface area (Å²) in [6.45, 7) is 1.80. The molecule has 168 valence electrons. The van der Waals surface area contributed by atoms with Crippen LogP contribution >= 0.6 is 11.6 Å². The molecule has 1 aliphatic heterocycles. The van der Waals surface area contributed by atoms with Gasteiger partial charge in [-0.3, -0.25) is 14.2 Å². The number of amides is 1. The van der Waals surface area contributed by atoms with Gasteiger partial charge in [0.25, 0.3) is 5.56 Å². The summed E-state index contributed by atoms with van der Waals surface area (Å²) in [7, 11) is 0. The van der Waals surface area contributed by atoms with E-state index in [-0.39, 0.29) is 23.8 Å². The van der Waals surface area contributed by atoms with Crippen LogP contribution < -0.4 is 10.5 Å². The number of benzene rings is 2. The van der Waals surface area contributed by atoms with Gasteiger partial charge in [0.1, 0.15) is 24.1 Å². The van der Waals surface area contributed by atoms with Crippen LogP contribution in [0, 0.1) is 5.82 Å². The molecule has 0 atom stereocenters. The molecule has 0 saturated carbocycles. The number of anilines is 1. The van der Waals surface area contributed by atoms with Crippen molar-refractivity contribution in [3.8, 4) is 5.69 Å². The third-order valence-electron chi connectivity index (χ3n) is 5.77. The Morgan fingerprint density at radius 2 is 1.70 bits per heavy atom. The van der Waals surface area contributed by atoms with Crippen molar-refractivity contribution in [3.63, 3.8) is 0 Å². The van der Waals surface area contributed by atoms with Gasteiger partial charge < -0.3 is 9.80 Å². The summed E-state index contributed by atoms with van der Waals surface area (Å²) in [5.41, 5.74) is 1.17. The molecule has 0 unspecified atom stereocenters. The normalized spacial score (nSPS) is 14.1. The van der Waals surface area contributed by atoms with E-state index in [0.29, 0.717) is 53.6 Å². The number of aromatic nitrogens is 4. The van der Waals surface area contributed by atoms with E-state index in [0.717, 1.165) is 0 Å². The summed E-state index contributed by atoms with van der Waals surface area (Å²) in [4.78, 5) is 33.8. The molecule has 0 aliphatic carbocycles. The molecule has 2 aromatic heterocycles. The van der Waals surface area contributed by atoms with Crippen molar-refractivity contribution >= 4 is 34.2 Å². The van der Waals surface area contributed by atoms with Crippen LogP contribution in [0.1, 0.15) is 0 Å². The number of piperazine rings is 1. The number of para-hydroxylation sites is 2. The van der Waals surface area contributed by atoms with E-state index in [1.54, 1.807) is 41.3 Å². The highest BCUT2D eigenvalue weighted by Crippen LogP contribution is 2.22. The molecule has 1 amide bonds. The minimum Gasteiger partial charge on any atom is -0.366 e. The van der Waals surface area contributed by atoms with Gasteiger partial charge in [-0.25, -0.2) is 14.1 Å². The third kappa shape index (κ3) is 3.95. The lowest BCUT2D eigenvalue weighted by atomic mass is 10.2. The summed E-state index contributed by atoms with van der Waals surface area (Å²) in [6.07, 6.45) is 2.79. The Morgan fingerprint density at radius 3 is 2.42 bits per heavy atom. The lowest BCUT2D eigenvalue weighted by molar-refractivity contribution is -0.132. The van der Waals surface area contributed by atoms with E-state index < -0.39 is 0 Å². The monoisotopic (exact) mass is 466 g/mol. The Morgan fingerprint density at radius 1 is 1.00 bits per heavy atom. The molecule has 0 N–H and O–H groups in total. The summed E-state index contributed by atoms with van der Waals surface area (Å²) in [5.74, 6) is -0.467. The molecule has 0 spiro atoms. The number of rotatable bonds is 4. The van der Waals surface area contributed by atoms with Crippen molar-refractivity contribution in [1.29, 1.82) is 0 Å². The number of nitrogens with zero attached hydrogens (tertiary/aromatic N) is 6. The van der Waals surface area contributed by atoms with Gasteiger partial charge in [-0.15, -0.1) is 0 Å². The summed E-state index contributed by atoms with van der Waals surface area (Å²) in [5, 5.41) is 5.05. The Bertz CT molecular complexity index is 1390. The Balaban J connectivity index is 1.31. The smallest absolute Gasteiger partial charge is 0.264 e. The van der Waals surface area contributed by atoms with Crippen LogP contribution in [0.5, 0.6) is 0 Å². The fourth-order valence-corrected chi connectivity index (χ4v) is 4.23. The van der Waals surface area contributed by atoms with Gasteiger partial charge >= 0.3 is 0 Å². The third-order valence-corrected chi connectivity index (χ3v) is 6.09. The van der Waals surface area contributed by atoms with Crippen LogP contribution in [0.15, 0.2) is 65.8 Å². The molecule has 8 nitrogen and oxygen atoms in total. The first-order valence-corrected chi connectivity index (χ1v) is 10.9. The fraction of sp³-hybridized carbons (Fsp3) is 0.217. The molecule has 4 aromatic rings. The van der Waals surface area contributed by atoms with Crippen molar-refractivity contribution in [2.24, 2.45) is 0 Å². The molecule has 2 aromatic carbocycles. The van der Waals surface area contributed by atoms with Crippen molar-refractivity contribution in [3.05, 3.63) is 82.2 Å². The van der Waals surface area contributed by atoms with Gasteiger partial charge in [-0.05, 0) is 24.3 Å². The van der Waals surface area contributed by atoms with Gasteiger partial charge in [0.15, 0.2) is 5.65 Å². The van der Waals surface area contributed by atoms with Gasteiger partial charge in [0.2, 0.25) is 5.91 Å². The van der Waals surface area contributed by atoms with E-state index in [9.17, 15) is 14.0 Å². The maximum atomic E-state index is 14.0. The second-order valence-corrected chi connectivity index (χ2v) is 8.15. The number of hydrogen-bond acceptors (Lipinski definition) is 5. The van der Waals surface area contributed by atoms with E-state index in [2.05, 4.69) is 10.1 Å². The topological polar surface area (TPSA) is 76.3 Å². The van der Waals surface area contributed by atoms with Gasteiger partial charge in [-0.2, -0.15) is 5.10 Å². The minimum absolute atomic E-state index is 0.126. The van der Waals surface area contributed by atoms with Crippen LogP contribution in [0.25, 0.3) is 16.7 Å². The zero-order valence-electron chi connectivity index (χ0n) is 17.6. The van der Waals surface area contributed by atoms with Crippen molar-refractivity contribution in [2.75, 3.05) is 31.1 Å².